The highest BCUT2D eigenvalue weighted by Crippen LogP contribution is 2.30. The van der Waals surface area contributed by atoms with Crippen LogP contribution in [0.5, 0.6) is 0 Å². The van der Waals surface area contributed by atoms with E-state index < -0.39 is 0 Å². The van der Waals surface area contributed by atoms with Gasteiger partial charge in [-0.15, -0.1) is 0 Å². The molecule has 2 rings (SSSR count). The molecule has 0 aromatic carbocycles. The number of thiazole rings is 1. The normalized spacial score (nSPS) is 19.4. The molecule has 1 fully saturated rings. The zero-order valence-corrected chi connectivity index (χ0v) is 13.5. The molecule has 0 aliphatic carbocycles. The molecule has 1 saturated heterocycles. The van der Waals surface area contributed by atoms with Crippen LogP contribution in [-0.2, 0) is 0 Å². The van der Waals surface area contributed by atoms with Crippen molar-refractivity contribution in [3.63, 3.8) is 0 Å². The number of nitrogen functional groups attached to an aromatic ring is 1. The molecule has 1 unspecified atom stereocenters. The van der Waals surface area contributed by atoms with Crippen LogP contribution in [0.4, 0.5) is 10.9 Å². The van der Waals surface area contributed by atoms with Crippen LogP contribution in [0.3, 0.4) is 0 Å². The molecule has 1 amide bonds. The van der Waals surface area contributed by atoms with Crippen molar-refractivity contribution in [2.24, 2.45) is 5.92 Å². The number of nitrogens with two attached hydrogens (primary N) is 1. The van der Waals surface area contributed by atoms with Gasteiger partial charge in [-0.25, -0.2) is 4.98 Å². The Morgan fingerprint density at radius 2 is 2.25 bits per heavy atom. The van der Waals surface area contributed by atoms with Crippen molar-refractivity contribution in [2.45, 2.75) is 46.1 Å². The van der Waals surface area contributed by atoms with Crippen LogP contribution in [0.25, 0.3) is 0 Å². The van der Waals surface area contributed by atoms with Crippen molar-refractivity contribution in [1.82, 2.24) is 9.88 Å². The van der Waals surface area contributed by atoms with E-state index in [9.17, 15) is 4.79 Å². The van der Waals surface area contributed by atoms with Gasteiger partial charge in [0.05, 0.1) is 0 Å². The monoisotopic (exact) mass is 296 g/mol. The molecular weight excluding hydrogens is 272 g/mol. The Morgan fingerprint density at radius 1 is 1.55 bits per heavy atom. The van der Waals surface area contributed by atoms with E-state index in [-0.39, 0.29) is 11.4 Å². The maximum Gasteiger partial charge on any atom is 0.267 e. The highest BCUT2D eigenvalue weighted by atomic mass is 32.1. The van der Waals surface area contributed by atoms with Crippen LogP contribution in [0, 0.1) is 5.92 Å². The minimum atomic E-state index is -0.0917. The first kappa shape index (κ1) is 15.1. The predicted molar refractivity (Wildman–Crippen MR) is 84.2 cm³/mol. The molecule has 1 atom stereocenters. The van der Waals surface area contributed by atoms with Gasteiger partial charge in [-0.1, -0.05) is 24.7 Å². The summed E-state index contributed by atoms with van der Waals surface area (Å²) in [5.74, 6) is 0.991. The fourth-order valence-corrected chi connectivity index (χ4v) is 3.41. The summed E-state index contributed by atoms with van der Waals surface area (Å²) in [6, 6.07) is 0. The summed E-state index contributed by atoms with van der Waals surface area (Å²) in [6.45, 7) is 10.0. The summed E-state index contributed by atoms with van der Waals surface area (Å²) in [4.78, 5) is 19.2. The fourth-order valence-electron chi connectivity index (χ4n) is 2.35. The van der Waals surface area contributed by atoms with Crippen molar-refractivity contribution < 1.29 is 4.79 Å². The Bertz CT molecular complexity index is 492. The molecule has 1 aromatic rings. The van der Waals surface area contributed by atoms with E-state index in [4.69, 9.17) is 5.73 Å². The lowest BCUT2D eigenvalue weighted by Crippen LogP contribution is -2.28. The first-order valence-corrected chi connectivity index (χ1v) is 7.95. The number of nitrogens with zero attached hydrogens (tertiary/aromatic N) is 2. The van der Waals surface area contributed by atoms with Crippen molar-refractivity contribution in [3.8, 4) is 0 Å². The molecule has 112 valence electrons. The SMILES string of the molecule is CCC1CCN(C(=O)c2sc(NC(C)(C)C)nc2N)C1. The van der Waals surface area contributed by atoms with Crippen LogP contribution < -0.4 is 11.1 Å². The van der Waals surface area contributed by atoms with Crippen molar-refractivity contribution >= 4 is 28.2 Å². The maximum absolute atomic E-state index is 12.5. The largest absolute Gasteiger partial charge is 0.382 e. The zero-order valence-electron chi connectivity index (χ0n) is 12.7. The molecule has 6 heteroatoms. The quantitative estimate of drug-likeness (QED) is 0.899. The van der Waals surface area contributed by atoms with Gasteiger partial charge in [0.1, 0.15) is 10.7 Å². The summed E-state index contributed by atoms with van der Waals surface area (Å²) in [5.41, 5.74) is 5.82. The molecule has 5 nitrogen and oxygen atoms in total. The first-order chi connectivity index (χ1) is 9.30. The van der Waals surface area contributed by atoms with Crippen molar-refractivity contribution in [1.29, 1.82) is 0 Å². The van der Waals surface area contributed by atoms with Gasteiger partial charge in [-0.3, -0.25) is 4.79 Å². The standard InChI is InChI=1S/C14H24N4OS/c1-5-9-6-7-18(8-9)12(19)10-11(15)16-13(20-10)17-14(2,3)4/h9H,5-8,15H2,1-4H3,(H,16,17). The smallest absolute Gasteiger partial charge is 0.267 e. The molecule has 0 saturated carbocycles. The van der Waals surface area contributed by atoms with E-state index in [0.717, 1.165) is 25.9 Å². The summed E-state index contributed by atoms with van der Waals surface area (Å²) < 4.78 is 0. The van der Waals surface area contributed by atoms with Crippen LogP contribution in [0.15, 0.2) is 0 Å². The van der Waals surface area contributed by atoms with Crippen LogP contribution in [-0.4, -0.2) is 34.4 Å². The van der Waals surface area contributed by atoms with Gasteiger partial charge in [0.25, 0.3) is 5.91 Å². The molecule has 1 aliphatic rings. The number of anilines is 2. The second-order valence-electron chi connectivity index (χ2n) is 6.42. The molecule has 3 N–H and O–H groups in total. The third kappa shape index (κ3) is 3.42. The number of nitrogens with one attached hydrogen (secondary N) is 1. The van der Waals surface area contributed by atoms with Gasteiger partial charge in [-0.05, 0) is 33.1 Å². The van der Waals surface area contributed by atoms with Gasteiger partial charge in [0.15, 0.2) is 5.13 Å². The maximum atomic E-state index is 12.5. The van der Waals surface area contributed by atoms with Gasteiger partial charge in [-0.2, -0.15) is 0 Å². The van der Waals surface area contributed by atoms with E-state index in [2.05, 4.69) is 38.0 Å². The number of hydrogen-bond acceptors (Lipinski definition) is 5. The van der Waals surface area contributed by atoms with Gasteiger partial charge in [0, 0.05) is 18.6 Å². The minimum Gasteiger partial charge on any atom is -0.382 e. The number of rotatable bonds is 3. The van der Waals surface area contributed by atoms with E-state index >= 15 is 0 Å². The fraction of sp³-hybridized carbons (Fsp3) is 0.714. The number of aromatic nitrogens is 1. The van der Waals surface area contributed by atoms with E-state index in [1.165, 1.54) is 11.3 Å². The summed E-state index contributed by atoms with van der Waals surface area (Å²) in [6.07, 6.45) is 2.22. The lowest BCUT2D eigenvalue weighted by molar-refractivity contribution is 0.0792. The average molecular weight is 296 g/mol. The van der Waals surface area contributed by atoms with Gasteiger partial charge >= 0.3 is 0 Å². The lowest BCUT2D eigenvalue weighted by Gasteiger charge is -2.19. The first-order valence-electron chi connectivity index (χ1n) is 7.14. The molecular formula is C14H24N4OS. The Hall–Kier alpha value is -1.30. The molecule has 1 aromatic heterocycles. The summed E-state index contributed by atoms with van der Waals surface area (Å²) in [7, 11) is 0. The third-order valence-electron chi connectivity index (χ3n) is 3.48. The number of hydrogen-bond donors (Lipinski definition) is 2. The van der Waals surface area contributed by atoms with E-state index in [0.29, 0.717) is 21.7 Å². The minimum absolute atomic E-state index is 0.0258. The molecule has 0 bridgehead atoms. The van der Waals surface area contributed by atoms with Crippen LogP contribution in [0.2, 0.25) is 0 Å². The van der Waals surface area contributed by atoms with Crippen molar-refractivity contribution in [3.05, 3.63) is 4.88 Å². The van der Waals surface area contributed by atoms with Gasteiger partial charge < -0.3 is 16.0 Å². The molecule has 0 radical (unpaired) electrons. The number of carbonyl (C=O) groups is 1. The van der Waals surface area contributed by atoms with Crippen LogP contribution in [0.1, 0.15) is 50.2 Å². The highest BCUT2D eigenvalue weighted by Gasteiger charge is 2.29. The number of carbonyl (C=O) groups excluding carboxylic acids is 1. The summed E-state index contributed by atoms with van der Waals surface area (Å²) >= 11 is 1.35. The second-order valence-corrected chi connectivity index (χ2v) is 7.42. The van der Waals surface area contributed by atoms with Crippen LogP contribution >= 0.6 is 11.3 Å². The average Bonchev–Trinajstić information content (AvgIpc) is 2.93. The highest BCUT2D eigenvalue weighted by molar-refractivity contribution is 7.18. The third-order valence-corrected chi connectivity index (χ3v) is 4.45. The molecule has 1 aliphatic heterocycles. The predicted octanol–water partition coefficient (Wildman–Crippen LogP) is 2.81. The number of amides is 1. The number of likely N-dealkylation sites (tertiary alicyclic amines) is 1. The Kier molecular flexibility index (Phi) is 4.22. The summed E-state index contributed by atoms with van der Waals surface area (Å²) in [5, 5.41) is 3.98. The van der Waals surface area contributed by atoms with Crippen molar-refractivity contribution in [2.75, 3.05) is 24.1 Å². The molecule has 0 spiro atoms. The second kappa shape index (κ2) is 5.60. The Labute approximate surface area is 124 Å². The van der Waals surface area contributed by atoms with Gasteiger partial charge in [0.2, 0.25) is 0 Å². The zero-order chi connectivity index (χ0) is 14.9. The lowest BCUT2D eigenvalue weighted by atomic mass is 10.1. The topological polar surface area (TPSA) is 71.2 Å². The molecule has 20 heavy (non-hydrogen) atoms. The van der Waals surface area contributed by atoms with E-state index in [1.54, 1.807) is 0 Å². The Morgan fingerprint density at radius 3 is 2.80 bits per heavy atom. The molecule has 2 heterocycles. The Balaban J connectivity index is 2.11. The van der Waals surface area contributed by atoms with E-state index in [1.807, 2.05) is 4.90 Å².